The van der Waals surface area contributed by atoms with Crippen molar-refractivity contribution >= 4 is 15.7 Å². The minimum atomic E-state index is -3.42. The van der Waals surface area contributed by atoms with Crippen LogP contribution in [0.25, 0.3) is 0 Å². The van der Waals surface area contributed by atoms with Gasteiger partial charge in [-0.25, -0.2) is 12.7 Å². The van der Waals surface area contributed by atoms with Crippen LogP contribution in [-0.2, 0) is 10.0 Å². The number of unbranched alkanes of at least 4 members (excludes halogenated alkanes) is 2. The molecule has 0 aliphatic carbocycles. The highest BCUT2D eigenvalue weighted by Gasteiger charge is 2.20. The second kappa shape index (κ2) is 7.17. The molecule has 1 rings (SSSR count). The number of hydrogen-bond acceptors (Lipinski definition) is 3. The highest BCUT2D eigenvalue weighted by Crippen LogP contribution is 2.23. The van der Waals surface area contributed by atoms with Crippen LogP contribution in [0.5, 0.6) is 0 Å². The molecule has 0 saturated heterocycles. The first-order valence-electron chi connectivity index (χ1n) is 6.19. The van der Waals surface area contributed by atoms with E-state index in [4.69, 9.17) is 6.42 Å². The van der Waals surface area contributed by atoms with Crippen molar-refractivity contribution < 1.29 is 8.42 Å². The summed E-state index contributed by atoms with van der Waals surface area (Å²) in [5, 5.41) is 3.16. The van der Waals surface area contributed by atoms with Crippen molar-refractivity contribution in [2.24, 2.45) is 0 Å². The molecule has 1 aromatic rings. The molecule has 0 unspecified atom stereocenters. The van der Waals surface area contributed by atoms with Gasteiger partial charge in [-0.15, -0.1) is 12.3 Å². The van der Waals surface area contributed by atoms with Crippen LogP contribution in [0.2, 0.25) is 0 Å². The van der Waals surface area contributed by atoms with Gasteiger partial charge in [-0.05, 0) is 25.0 Å². The molecule has 5 heteroatoms. The smallest absolute Gasteiger partial charge is 0.244 e. The second-order valence-electron chi connectivity index (χ2n) is 4.37. The van der Waals surface area contributed by atoms with Gasteiger partial charge in [0.25, 0.3) is 0 Å². The third kappa shape index (κ3) is 4.27. The topological polar surface area (TPSA) is 49.4 Å². The molecule has 0 fully saturated rings. The molecule has 0 spiro atoms. The molecule has 0 aliphatic heterocycles. The van der Waals surface area contributed by atoms with Gasteiger partial charge >= 0.3 is 0 Å². The van der Waals surface area contributed by atoms with Crippen LogP contribution < -0.4 is 5.32 Å². The van der Waals surface area contributed by atoms with E-state index in [9.17, 15) is 8.42 Å². The van der Waals surface area contributed by atoms with Crippen LogP contribution in [0.15, 0.2) is 29.2 Å². The van der Waals surface area contributed by atoms with Crippen molar-refractivity contribution in [3.8, 4) is 12.3 Å². The monoisotopic (exact) mass is 280 g/mol. The number of hydrogen-bond donors (Lipinski definition) is 1. The van der Waals surface area contributed by atoms with Gasteiger partial charge in [0, 0.05) is 27.1 Å². The number of anilines is 1. The molecule has 104 valence electrons. The van der Waals surface area contributed by atoms with Crippen LogP contribution in [0.3, 0.4) is 0 Å². The summed E-state index contributed by atoms with van der Waals surface area (Å²) in [5.74, 6) is 2.59. The third-order valence-corrected chi connectivity index (χ3v) is 4.58. The van der Waals surface area contributed by atoms with Crippen LogP contribution in [0.1, 0.15) is 19.3 Å². The number of benzene rings is 1. The number of nitrogens with zero attached hydrogens (tertiary/aromatic N) is 1. The van der Waals surface area contributed by atoms with Crippen molar-refractivity contribution in [1.82, 2.24) is 4.31 Å². The van der Waals surface area contributed by atoms with Crippen LogP contribution in [0, 0.1) is 12.3 Å². The molecule has 4 nitrogen and oxygen atoms in total. The van der Waals surface area contributed by atoms with Gasteiger partial charge in [-0.1, -0.05) is 12.1 Å². The molecule has 1 aromatic carbocycles. The van der Waals surface area contributed by atoms with Crippen LogP contribution in [-0.4, -0.2) is 33.4 Å². The molecule has 0 amide bonds. The van der Waals surface area contributed by atoms with E-state index in [0.717, 1.165) is 19.3 Å². The lowest BCUT2D eigenvalue weighted by Crippen LogP contribution is -2.23. The molecule has 0 saturated carbocycles. The zero-order valence-corrected chi connectivity index (χ0v) is 12.2. The predicted molar refractivity (Wildman–Crippen MR) is 78.5 cm³/mol. The van der Waals surface area contributed by atoms with E-state index >= 15 is 0 Å². The summed E-state index contributed by atoms with van der Waals surface area (Å²) in [5.41, 5.74) is 0.636. The molecule has 0 aromatic heterocycles. The Hall–Kier alpha value is -1.51. The van der Waals surface area contributed by atoms with E-state index in [1.807, 2.05) is 6.07 Å². The lowest BCUT2D eigenvalue weighted by atomic mass is 10.2. The van der Waals surface area contributed by atoms with Crippen molar-refractivity contribution in [2.75, 3.05) is 26.0 Å². The summed E-state index contributed by atoms with van der Waals surface area (Å²) in [6.45, 7) is 0.710. The Balaban J connectivity index is 2.78. The summed E-state index contributed by atoms with van der Waals surface area (Å²) < 4.78 is 25.5. The molecule has 1 N–H and O–H groups in total. The molecule has 0 heterocycles. The highest BCUT2D eigenvalue weighted by atomic mass is 32.2. The average Bonchev–Trinajstić information content (AvgIpc) is 2.38. The van der Waals surface area contributed by atoms with Crippen molar-refractivity contribution in [1.29, 1.82) is 0 Å². The Morgan fingerprint density at radius 3 is 2.58 bits per heavy atom. The standard InChI is InChI=1S/C14H20N2O2S/c1-4-5-6-9-12-15-13-10-7-8-11-14(13)19(17,18)16(2)3/h1,7-8,10-11,15H,5-6,9,12H2,2-3H3. The first-order chi connectivity index (χ1) is 9.00. The van der Waals surface area contributed by atoms with E-state index in [2.05, 4.69) is 11.2 Å². The van der Waals surface area contributed by atoms with E-state index in [1.54, 1.807) is 18.2 Å². The molecule has 19 heavy (non-hydrogen) atoms. The number of sulfonamides is 1. The predicted octanol–water partition coefficient (Wildman–Crippen LogP) is 2.15. The fourth-order valence-electron chi connectivity index (χ4n) is 1.61. The summed E-state index contributed by atoms with van der Waals surface area (Å²) in [6, 6.07) is 6.93. The summed E-state index contributed by atoms with van der Waals surface area (Å²) >= 11 is 0. The van der Waals surface area contributed by atoms with Crippen molar-refractivity contribution in [3.63, 3.8) is 0 Å². The van der Waals surface area contributed by atoms with Crippen LogP contribution >= 0.6 is 0 Å². The van der Waals surface area contributed by atoms with Gasteiger partial charge in [0.05, 0.1) is 5.69 Å². The van der Waals surface area contributed by atoms with Gasteiger partial charge in [0.1, 0.15) is 4.90 Å². The lowest BCUT2D eigenvalue weighted by Gasteiger charge is -2.16. The third-order valence-electron chi connectivity index (χ3n) is 2.71. The number of nitrogens with one attached hydrogen (secondary N) is 1. The van der Waals surface area contributed by atoms with Gasteiger partial charge in [0.2, 0.25) is 10.0 Å². The SMILES string of the molecule is C#CCCCCNc1ccccc1S(=O)(=O)N(C)C. The van der Waals surface area contributed by atoms with Gasteiger partial charge < -0.3 is 5.32 Å². The van der Waals surface area contributed by atoms with E-state index in [1.165, 1.54) is 18.4 Å². The first kappa shape index (κ1) is 15.5. The molecular weight excluding hydrogens is 260 g/mol. The largest absolute Gasteiger partial charge is 0.384 e. The summed E-state index contributed by atoms with van der Waals surface area (Å²) in [7, 11) is -0.363. The molecule has 0 atom stereocenters. The maximum Gasteiger partial charge on any atom is 0.244 e. The maximum atomic E-state index is 12.1. The molecule has 0 radical (unpaired) electrons. The normalized spacial score (nSPS) is 11.3. The minimum absolute atomic E-state index is 0.303. The lowest BCUT2D eigenvalue weighted by molar-refractivity contribution is 0.521. The summed E-state index contributed by atoms with van der Waals surface area (Å²) in [4.78, 5) is 0.303. The maximum absolute atomic E-state index is 12.1. The zero-order chi connectivity index (χ0) is 14.3. The fourth-order valence-corrected chi connectivity index (χ4v) is 2.67. The zero-order valence-electron chi connectivity index (χ0n) is 11.4. The molecule has 0 aliphatic rings. The molecular formula is C14H20N2O2S. The average molecular weight is 280 g/mol. The minimum Gasteiger partial charge on any atom is -0.384 e. The number of terminal acetylenes is 1. The second-order valence-corrected chi connectivity index (χ2v) is 6.49. The van der Waals surface area contributed by atoms with Gasteiger partial charge in [0.15, 0.2) is 0 Å². The van der Waals surface area contributed by atoms with E-state index in [-0.39, 0.29) is 0 Å². The van der Waals surface area contributed by atoms with Crippen molar-refractivity contribution in [3.05, 3.63) is 24.3 Å². The Bertz CT molecular complexity index is 545. The van der Waals surface area contributed by atoms with Crippen molar-refractivity contribution in [2.45, 2.75) is 24.2 Å². The number of rotatable bonds is 7. The Kier molecular flexibility index (Phi) is 5.87. The Labute approximate surface area is 115 Å². The summed E-state index contributed by atoms with van der Waals surface area (Å²) in [6.07, 6.45) is 7.78. The first-order valence-corrected chi connectivity index (χ1v) is 7.63. The molecule has 0 bridgehead atoms. The van der Waals surface area contributed by atoms with Gasteiger partial charge in [-0.3, -0.25) is 0 Å². The fraction of sp³-hybridized carbons (Fsp3) is 0.429. The van der Waals surface area contributed by atoms with E-state index in [0.29, 0.717) is 17.1 Å². The van der Waals surface area contributed by atoms with E-state index < -0.39 is 10.0 Å². The Morgan fingerprint density at radius 1 is 1.26 bits per heavy atom. The highest BCUT2D eigenvalue weighted by molar-refractivity contribution is 7.89. The Morgan fingerprint density at radius 2 is 1.95 bits per heavy atom. The quantitative estimate of drug-likeness (QED) is 0.615. The van der Waals surface area contributed by atoms with Gasteiger partial charge in [-0.2, -0.15) is 0 Å². The number of para-hydroxylation sites is 1. The van der Waals surface area contributed by atoms with Crippen LogP contribution in [0.4, 0.5) is 5.69 Å².